The van der Waals surface area contributed by atoms with Gasteiger partial charge in [0.1, 0.15) is 0 Å². The van der Waals surface area contributed by atoms with Gasteiger partial charge in [0.2, 0.25) is 0 Å². The number of hydrazine groups is 1. The SMILES string of the molecule is CC(CC#N)c1cncc(C2=CN(C)NC2)c1. The van der Waals surface area contributed by atoms with E-state index in [0.29, 0.717) is 6.42 Å². The average molecular weight is 228 g/mol. The second kappa shape index (κ2) is 4.98. The van der Waals surface area contributed by atoms with Crippen LogP contribution < -0.4 is 5.43 Å². The minimum Gasteiger partial charge on any atom is -0.318 e. The number of nitrogens with one attached hydrogen (secondary N) is 1. The molecule has 0 spiro atoms. The molecule has 0 bridgehead atoms. The molecule has 0 amide bonds. The predicted molar refractivity (Wildman–Crippen MR) is 66.6 cm³/mol. The molecule has 4 nitrogen and oxygen atoms in total. The smallest absolute Gasteiger partial charge is 0.0628 e. The standard InChI is InChI=1S/C13H16N4/c1-10(3-4-14)11-5-12(7-15-6-11)13-8-16-17(2)9-13/h5-7,9-10,16H,3,8H2,1-2H3. The van der Waals surface area contributed by atoms with E-state index in [1.807, 2.05) is 24.5 Å². The normalized spacial score (nSPS) is 16.5. The molecule has 0 fully saturated rings. The summed E-state index contributed by atoms with van der Waals surface area (Å²) in [5.74, 6) is 0.236. The van der Waals surface area contributed by atoms with Crippen molar-refractivity contribution < 1.29 is 0 Å². The van der Waals surface area contributed by atoms with Gasteiger partial charge in [0.25, 0.3) is 0 Å². The van der Waals surface area contributed by atoms with Crippen LogP contribution in [-0.2, 0) is 0 Å². The fraction of sp³-hybridized carbons (Fsp3) is 0.385. The van der Waals surface area contributed by atoms with Gasteiger partial charge in [0.05, 0.1) is 6.07 Å². The lowest BCUT2D eigenvalue weighted by Crippen LogP contribution is -2.23. The lowest BCUT2D eigenvalue weighted by atomic mass is 9.97. The molecule has 4 heteroatoms. The summed E-state index contributed by atoms with van der Waals surface area (Å²) in [5, 5.41) is 10.7. The highest BCUT2D eigenvalue weighted by Gasteiger charge is 2.12. The van der Waals surface area contributed by atoms with Gasteiger partial charge in [-0.05, 0) is 28.7 Å². The van der Waals surface area contributed by atoms with Crippen molar-refractivity contribution in [2.45, 2.75) is 19.3 Å². The first-order chi connectivity index (χ1) is 8.20. The number of pyridine rings is 1. The number of hydrogen-bond acceptors (Lipinski definition) is 4. The van der Waals surface area contributed by atoms with Crippen molar-refractivity contribution >= 4 is 5.57 Å². The summed E-state index contributed by atoms with van der Waals surface area (Å²) in [6, 6.07) is 4.33. The fourth-order valence-electron chi connectivity index (χ4n) is 1.87. The van der Waals surface area contributed by atoms with Gasteiger partial charge >= 0.3 is 0 Å². The van der Waals surface area contributed by atoms with Gasteiger partial charge in [-0.3, -0.25) is 4.98 Å². The van der Waals surface area contributed by atoms with Crippen LogP contribution >= 0.6 is 0 Å². The molecule has 1 aromatic heterocycles. The highest BCUT2D eigenvalue weighted by Crippen LogP contribution is 2.23. The van der Waals surface area contributed by atoms with Crippen LogP contribution in [0.15, 0.2) is 24.7 Å². The Morgan fingerprint density at radius 2 is 2.41 bits per heavy atom. The van der Waals surface area contributed by atoms with Crippen LogP contribution in [0.3, 0.4) is 0 Å². The molecule has 2 heterocycles. The van der Waals surface area contributed by atoms with Gasteiger partial charge in [0.15, 0.2) is 0 Å². The van der Waals surface area contributed by atoms with Crippen LogP contribution in [0.25, 0.3) is 5.57 Å². The number of hydrogen-bond donors (Lipinski definition) is 1. The molecule has 1 aliphatic heterocycles. The maximum absolute atomic E-state index is 8.72. The molecule has 0 saturated carbocycles. The van der Waals surface area contributed by atoms with Crippen LogP contribution in [-0.4, -0.2) is 23.6 Å². The maximum atomic E-state index is 8.72. The molecule has 0 radical (unpaired) electrons. The summed E-state index contributed by atoms with van der Waals surface area (Å²) in [6.07, 6.45) is 6.31. The van der Waals surface area contributed by atoms with E-state index in [-0.39, 0.29) is 5.92 Å². The van der Waals surface area contributed by atoms with E-state index in [9.17, 15) is 0 Å². The molecule has 17 heavy (non-hydrogen) atoms. The summed E-state index contributed by atoms with van der Waals surface area (Å²) >= 11 is 0. The topological polar surface area (TPSA) is 52.0 Å². The first-order valence-corrected chi connectivity index (χ1v) is 5.70. The minimum atomic E-state index is 0.236. The largest absolute Gasteiger partial charge is 0.318 e. The minimum absolute atomic E-state index is 0.236. The third-order valence-corrected chi connectivity index (χ3v) is 2.97. The number of aromatic nitrogens is 1. The Balaban J connectivity index is 2.23. The maximum Gasteiger partial charge on any atom is 0.0628 e. The lowest BCUT2D eigenvalue weighted by molar-refractivity contribution is 0.374. The summed E-state index contributed by atoms with van der Waals surface area (Å²) in [7, 11) is 1.97. The van der Waals surface area contributed by atoms with Crippen molar-refractivity contribution in [2.75, 3.05) is 13.6 Å². The van der Waals surface area contributed by atoms with E-state index in [4.69, 9.17) is 5.26 Å². The molecular formula is C13H16N4. The Bertz CT molecular complexity index is 473. The fourth-order valence-corrected chi connectivity index (χ4v) is 1.87. The first kappa shape index (κ1) is 11.6. The molecule has 2 rings (SSSR count). The lowest BCUT2D eigenvalue weighted by Gasteiger charge is -2.09. The van der Waals surface area contributed by atoms with Crippen LogP contribution in [0.4, 0.5) is 0 Å². The van der Waals surface area contributed by atoms with E-state index < -0.39 is 0 Å². The zero-order chi connectivity index (χ0) is 12.3. The second-order valence-electron chi connectivity index (χ2n) is 4.37. The van der Waals surface area contributed by atoms with Crippen molar-refractivity contribution in [1.29, 1.82) is 5.26 Å². The van der Waals surface area contributed by atoms with Crippen LogP contribution in [0.2, 0.25) is 0 Å². The molecule has 1 atom stereocenters. The van der Waals surface area contributed by atoms with Gasteiger partial charge in [-0.2, -0.15) is 5.26 Å². The molecule has 1 N–H and O–H groups in total. The zero-order valence-electron chi connectivity index (χ0n) is 10.1. The van der Waals surface area contributed by atoms with E-state index >= 15 is 0 Å². The van der Waals surface area contributed by atoms with E-state index in [1.165, 1.54) is 5.57 Å². The monoisotopic (exact) mass is 228 g/mol. The molecule has 0 aliphatic carbocycles. The third-order valence-electron chi connectivity index (χ3n) is 2.97. The van der Waals surface area contributed by atoms with Gasteiger partial charge < -0.3 is 5.01 Å². The number of rotatable bonds is 3. The molecule has 1 unspecified atom stereocenters. The van der Waals surface area contributed by atoms with Crippen molar-refractivity contribution in [3.63, 3.8) is 0 Å². The Kier molecular flexibility index (Phi) is 3.40. The molecule has 0 aromatic carbocycles. The molecule has 1 aromatic rings. The van der Waals surface area contributed by atoms with Crippen molar-refractivity contribution in [2.24, 2.45) is 0 Å². The van der Waals surface area contributed by atoms with E-state index in [2.05, 4.69) is 35.7 Å². The Morgan fingerprint density at radius 3 is 3.06 bits per heavy atom. The van der Waals surface area contributed by atoms with E-state index in [1.54, 1.807) is 0 Å². The average Bonchev–Trinajstić information content (AvgIpc) is 2.76. The van der Waals surface area contributed by atoms with Gasteiger partial charge in [-0.15, -0.1) is 0 Å². The van der Waals surface area contributed by atoms with Crippen molar-refractivity contribution in [1.82, 2.24) is 15.4 Å². The van der Waals surface area contributed by atoms with Gasteiger partial charge in [-0.25, -0.2) is 5.43 Å². The van der Waals surface area contributed by atoms with E-state index in [0.717, 1.165) is 17.7 Å². The molecule has 88 valence electrons. The van der Waals surface area contributed by atoms with Crippen LogP contribution in [0.5, 0.6) is 0 Å². The Labute approximate surface area is 102 Å². The highest BCUT2D eigenvalue weighted by molar-refractivity contribution is 5.67. The van der Waals surface area contributed by atoms with Gasteiger partial charge in [0, 0.05) is 38.6 Å². The summed E-state index contributed by atoms with van der Waals surface area (Å²) in [6.45, 7) is 2.88. The molecule has 1 aliphatic rings. The molecular weight excluding hydrogens is 212 g/mol. The third kappa shape index (κ3) is 2.63. The van der Waals surface area contributed by atoms with Crippen LogP contribution in [0.1, 0.15) is 30.4 Å². The number of nitriles is 1. The molecule has 0 saturated heterocycles. The van der Waals surface area contributed by atoms with Crippen molar-refractivity contribution in [3.05, 3.63) is 35.8 Å². The second-order valence-corrected chi connectivity index (χ2v) is 4.37. The predicted octanol–water partition coefficient (Wildman–Crippen LogP) is 1.89. The van der Waals surface area contributed by atoms with Crippen LogP contribution in [0, 0.1) is 11.3 Å². The highest BCUT2D eigenvalue weighted by atomic mass is 15.5. The summed E-state index contributed by atoms with van der Waals surface area (Å²) in [4.78, 5) is 4.26. The zero-order valence-corrected chi connectivity index (χ0v) is 10.1. The summed E-state index contributed by atoms with van der Waals surface area (Å²) < 4.78 is 0. The summed E-state index contributed by atoms with van der Waals surface area (Å²) in [5.41, 5.74) is 6.68. The number of nitrogens with zero attached hydrogens (tertiary/aromatic N) is 3. The van der Waals surface area contributed by atoms with Gasteiger partial charge in [-0.1, -0.05) is 6.92 Å². The Morgan fingerprint density at radius 1 is 1.59 bits per heavy atom. The quantitative estimate of drug-likeness (QED) is 0.858. The van der Waals surface area contributed by atoms with Crippen molar-refractivity contribution in [3.8, 4) is 6.07 Å². The Hall–Kier alpha value is -1.86. The first-order valence-electron chi connectivity index (χ1n) is 5.70.